The van der Waals surface area contributed by atoms with Gasteiger partial charge in [-0.25, -0.2) is 0 Å². The van der Waals surface area contributed by atoms with Gasteiger partial charge in [-0.3, -0.25) is 9.59 Å². The van der Waals surface area contributed by atoms with Crippen LogP contribution in [0.25, 0.3) is 0 Å². The molecular weight excluding hydrogens is 360 g/mol. The van der Waals surface area contributed by atoms with Crippen molar-refractivity contribution in [3.63, 3.8) is 0 Å². The molecule has 2 aromatic carbocycles. The number of nitrogens with one attached hydrogen (secondary N) is 1. The second-order valence-corrected chi connectivity index (χ2v) is 6.11. The summed E-state index contributed by atoms with van der Waals surface area (Å²) in [6, 6.07) is 12.5. The molecule has 7 heteroatoms. The monoisotopic (exact) mass is 386 g/mol. The van der Waals surface area contributed by atoms with E-state index >= 15 is 0 Å². The van der Waals surface area contributed by atoms with Gasteiger partial charge >= 0.3 is 0 Å². The number of methoxy groups -OCH3 is 3. The fraction of sp³-hybridized carbons (Fsp3) is 0.333. The zero-order valence-corrected chi connectivity index (χ0v) is 16.7. The lowest BCUT2D eigenvalue weighted by Crippen LogP contribution is -2.37. The van der Waals surface area contributed by atoms with Crippen LogP contribution in [0.5, 0.6) is 17.2 Å². The fourth-order valence-electron chi connectivity index (χ4n) is 2.73. The third-order valence-electron chi connectivity index (χ3n) is 4.28. The average Bonchev–Trinajstić information content (AvgIpc) is 2.72. The van der Waals surface area contributed by atoms with Crippen molar-refractivity contribution in [2.75, 3.05) is 34.4 Å². The van der Waals surface area contributed by atoms with E-state index < -0.39 is 0 Å². The van der Waals surface area contributed by atoms with Gasteiger partial charge in [0.15, 0.2) is 0 Å². The van der Waals surface area contributed by atoms with Crippen LogP contribution in [0.2, 0.25) is 0 Å². The summed E-state index contributed by atoms with van der Waals surface area (Å²) >= 11 is 0. The highest BCUT2D eigenvalue weighted by Crippen LogP contribution is 2.22. The Balaban J connectivity index is 1.99. The highest BCUT2D eigenvalue weighted by atomic mass is 16.5. The van der Waals surface area contributed by atoms with Gasteiger partial charge < -0.3 is 24.4 Å². The van der Waals surface area contributed by atoms with Gasteiger partial charge in [-0.1, -0.05) is 18.2 Å². The smallest absolute Gasteiger partial charge is 0.251 e. The summed E-state index contributed by atoms with van der Waals surface area (Å²) in [5.74, 6) is 1.44. The quantitative estimate of drug-likeness (QED) is 0.717. The Morgan fingerprint density at radius 1 is 0.964 bits per heavy atom. The zero-order valence-electron chi connectivity index (χ0n) is 16.7. The molecule has 0 saturated carbocycles. The van der Waals surface area contributed by atoms with E-state index in [4.69, 9.17) is 14.2 Å². The Labute approximate surface area is 165 Å². The second kappa shape index (κ2) is 10.2. The SMILES string of the molecule is COc1cc(OC)cc(C(=O)NCCN(Cc2ccccc2OC)C(C)=O)c1. The molecule has 0 aliphatic carbocycles. The fourth-order valence-corrected chi connectivity index (χ4v) is 2.73. The molecule has 0 fully saturated rings. The van der Waals surface area contributed by atoms with Crippen LogP contribution in [0.3, 0.4) is 0 Å². The average molecular weight is 386 g/mol. The summed E-state index contributed by atoms with van der Waals surface area (Å²) in [4.78, 5) is 26.1. The molecule has 0 atom stereocenters. The summed E-state index contributed by atoms with van der Waals surface area (Å²) in [6.45, 7) is 2.60. The van der Waals surface area contributed by atoms with Crippen molar-refractivity contribution >= 4 is 11.8 Å². The number of amides is 2. The van der Waals surface area contributed by atoms with Gasteiger partial charge in [-0.05, 0) is 18.2 Å². The molecule has 0 heterocycles. The third kappa shape index (κ3) is 5.64. The number of rotatable bonds is 9. The number of para-hydroxylation sites is 1. The molecule has 1 N–H and O–H groups in total. The van der Waals surface area contributed by atoms with Crippen LogP contribution in [-0.4, -0.2) is 51.1 Å². The van der Waals surface area contributed by atoms with Crippen molar-refractivity contribution in [3.05, 3.63) is 53.6 Å². The van der Waals surface area contributed by atoms with Crippen LogP contribution < -0.4 is 19.5 Å². The van der Waals surface area contributed by atoms with E-state index in [0.29, 0.717) is 36.7 Å². The van der Waals surface area contributed by atoms with Crippen LogP contribution in [0.15, 0.2) is 42.5 Å². The van der Waals surface area contributed by atoms with E-state index in [1.165, 1.54) is 21.1 Å². The molecule has 0 saturated heterocycles. The molecule has 0 bridgehead atoms. The Morgan fingerprint density at radius 3 is 2.18 bits per heavy atom. The van der Waals surface area contributed by atoms with Crippen molar-refractivity contribution in [1.82, 2.24) is 10.2 Å². The molecule has 0 aromatic heterocycles. The van der Waals surface area contributed by atoms with E-state index in [1.54, 1.807) is 30.2 Å². The van der Waals surface area contributed by atoms with Crippen LogP contribution in [0.1, 0.15) is 22.8 Å². The maximum atomic E-state index is 12.4. The molecule has 150 valence electrons. The zero-order chi connectivity index (χ0) is 20.5. The molecular formula is C21H26N2O5. The first kappa shape index (κ1) is 21.1. The Morgan fingerprint density at radius 2 is 1.61 bits per heavy atom. The molecule has 2 rings (SSSR count). The molecule has 0 aliphatic rings. The molecule has 7 nitrogen and oxygen atoms in total. The predicted octanol–water partition coefficient (Wildman–Crippen LogP) is 2.49. The van der Waals surface area contributed by atoms with Crippen LogP contribution >= 0.6 is 0 Å². The first-order chi connectivity index (χ1) is 13.5. The molecule has 28 heavy (non-hydrogen) atoms. The van der Waals surface area contributed by atoms with Crippen LogP contribution in [0.4, 0.5) is 0 Å². The molecule has 2 aromatic rings. The lowest BCUT2D eigenvalue weighted by molar-refractivity contribution is -0.129. The van der Waals surface area contributed by atoms with Gasteiger partial charge in [0.05, 0.1) is 21.3 Å². The van der Waals surface area contributed by atoms with Crippen LogP contribution in [-0.2, 0) is 11.3 Å². The number of nitrogens with zero attached hydrogens (tertiary/aromatic N) is 1. The van der Waals surface area contributed by atoms with Crippen molar-refractivity contribution in [1.29, 1.82) is 0 Å². The van der Waals surface area contributed by atoms with E-state index in [9.17, 15) is 9.59 Å². The number of hydrogen-bond acceptors (Lipinski definition) is 5. The minimum Gasteiger partial charge on any atom is -0.497 e. The van der Waals surface area contributed by atoms with E-state index in [0.717, 1.165) is 11.3 Å². The molecule has 0 spiro atoms. The number of benzene rings is 2. The topological polar surface area (TPSA) is 77.1 Å². The highest BCUT2D eigenvalue weighted by Gasteiger charge is 2.14. The Bertz CT molecular complexity index is 800. The Hall–Kier alpha value is -3.22. The van der Waals surface area contributed by atoms with Gasteiger partial charge in [0, 0.05) is 43.8 Å². The minimum atomic E-state index is -0.266. The molecule has 0 aliphatic heterocycles. The van der Waals surface area contributed by atoms with E-state index in [1.807, 2.05) is 24.3 Å². The molecule has 0 unspecified atom stereocenters. The van der Waals surface area contributed by atoms with Crippen molar-refractivity contribution in [2.24, 2.45) is 0 Å². The maximum Gasteiger partial charge on any atom is 0.251 e. The number of carbonyl (C=O) groups excluding carboxylic acids is 2. The molecule has 2 amide bonds. The van der Waals surface area contributed by atoms with Gasteiger partial charge in [0.25, 0.3) is 5.91 Å². The summed E-state index contributed by atoms with van der Waals surface area (Å²) in [5.41, 5.74) is 1.33. The minimum absolute atomic E-state index is 0.0804. The lowest BCUT2D eigenvalue weighted by Gasteiger charge is -2.22. The standard InChI is InChI=1S/C21H26N2O5/c1-15(24)23(14-16-7-5-6-8-20(16)28-4)10-9-22-21(25)17-11-18(26-2)13-19(12-17)27-3/h5-8,11-13H,9-10,14H2,1-4H3,(H,22,25). The van der Waals surface area contributed by atoms with Crippen LogP contribution in [0, 0.1) is 0 Å². The first-order valence-electron chi connectivity index (χ1n) is 8.87. The van der Waals surface area contributed by atoms with Crippen molar-refractivity contribution in [3.8, 4) is 17.2 Å². The van der Waals surface area contributed by atoms with Gasteiger partial charge in [0.1, 0.15) is 17.2 Å². The highest BCUT2D eigenvalue weighted by molar-refractivity contribution is 5.95. The summed E-state index contributed by atoms with van der Waals surface area (Å²) in [6.07, 6.45) is 0. The van der Waals surface area contributed by atoms with Gasteiger partial charge in [-0.2, -0.15) is 0 Å². The number of ether oxygens (including phenoxy) is 3. The normalized spacial score (nSPS) is 10.1. The summed E-state index contributed by atoms with van der Waals surface area (Å²) < 4.78 is 15.7. The number of hydrogen-bond donors (Lipinski definition) is 1. The molecule has 0 radical (unpaired) electrons. The summed E-state index contributed by atoms with van der Waals surface area (Å²) in [5, 5.41) is 2.83. The third-order valence-corrected chi connectivity index (χ3v) is 4.28. The lowest BCUT2D eigenvalue weighted by atomic mass is 10.1. The summed E-state index contributed by atoms with van der Waals surface area (Å²) in [7, 11) is 4.65. The predicted molar refractivity (Wildman–Crippen MR) is 106 cm³/mol. The van der Waals surface area contributed by atoms with Gasteiger partial charge in [0.2, 0.25) is 5.91 Å². The largest absolute Gasteiger partial charge is 0.497 e. The van der Waals surface area contributed by atoms with E-state index in [-0.39, 0.29) is 11.8 Å². The van der Waals surface area contributed by atoms with Crippen molar-refractivity contribution < 1.29 is 23.8 Å². The number of carbonyl (C=O) groups is 2. The van der Waals surface area contributed by atoms with Gasteiger partial charge in [-0.15, -0.1) is 0 Å². The maximum absolute atomic E-state index is 12.4. The van der Waals surface area contributed by atoms with E-state index in [2.05, 4.69) is 5.32 Å². The Kier molecular flexibility index (Phi) is 7.68. The van der Waals surface area contributed by atoms with Crippen molar-refractivity contribution in [2.45, 2.75) is 13.5 Å². The second-order valence-electron chi connectivity index (χ2n) is 6.11. The first-order valence-corrected chi connectivity index (χ1v) is 8.87.